The SMILES string of the molecule is CC1(C)c2ccccc2-c2ccc(N(c3ccc(-c4ccccc4)cc3)c3ccc(-c4cc5c6c(c4)N(c4ccc7c(c4)OCO7)c4cc7c(cc4B6c4cc6c(cc4N5c4ccc5c(c4)OCO5)OCO6)OCO7)cc3)cc21. The van der Waals surface area contributed by atoms with Gasteiger partial charge in [-0.15, -0.1) is 0 Å². The van der Waals surface area contributed by atoms with Gasteiger partial charge < -0.3 is 52.6 Å². The molecule has 79 heavy (non-hydrogen) atoms. The summed E-state index contributed by atoms with van der Waals surface area (Å²) in [6.07, 6.45) is 0. The average molecular weight is 1030 g/mol. The van der Waals surface area contributed by atoms with Gasteiger partial charge in [0.1, 0.15) is 0 Å². The lowest BCUT2D eigenvalue weighted by Crippen LogP contribution is -2.61. The van der Waals surface area contributed by atoms with Gasteiger partial charge in [0.15, 0.2) is 46.0 Å². The van der Waals surface area contributed by atoms with Crippen LogP contribution in [0.4, 0.5) is 51.2 Å². The summed E-state index contributed by atoms with van der Waals surface area (Å²) in [7, 11) is 0. The number of nitrogens with zero attached hydrogens (tertiary/aromatic N) is 3. The largest absolute Gasteiger partial charge is 0.454 e. The molecule has 7 aliphatic rings. The van der Waals surface area contributed by atoms with E-state index in [4.69, 9.17) is 37.9 Å². The van der Waals surface area contributed by atoms with Crippen molar-refractivity contribution in [1.29, 1.82) is 0 Å². The van der Waals surface area contributed by atoms with Crippen LogP contribution in [0.25, 0.3) is 33.4 Å². The molecular formula is C67H46BN3O8. The van der Waals surface area contributed by atoms with E-state index in [0.717, 1.165) is 84.3 Å². The Kier molecular flexibility index (Phi) is 9.26. The number of ether oxygens (including phenoxy) is 8. The van der Waals surface area contributed by atoms with Gasteiger partial charge >= 0.3 is 0 Å². The molecule has 0 N–H and O–H groups in total. The van der Waals surface area contributed by atoms with Crippen molar-refractivity contribution in [3.05, 3.63) is 205 Å². The molecule has 380 valence electrons. The van der Waals surface area contributed by atoms with Crippen LogP contribution in [-0.2, 0) is 5.41 Å². The third-order valence-corrected chi connectivity index (χ3v) is 16.8. The van der Waals surface area contributed by atoms with Gasteiger partial charge in [0.2, 0.25) is 27.2 Å². The predicted octanol–water partition coefficient (Wildman–Crippen LogP) is 13.8. The number of hydrogen-bond acceptors (Lipinski definition) is 11. The van der Waals surface area contributed by atoms with E-state index in [9.17, 15) is 0 Å². The molecule has 12 heteroatoms. The van der Waals surface area contributed by atoms with Crippen LogP contribution in [0.3, 0.4) is 0 Å². The van der Waals surface area contributed by atoms with Crippen molar-refractivity contribution in [3.8, 4) is 79.4 Å². The normalized spacial score (nSPS) is 15.3. The lowest BCUT2D eigenvalue weighted by Gasteiger charge is -2.44. The van der Waals surface area contributed by atoms with Gasteiger partial charge in [-0.1, -0.05) is 98.8 Å². The number of anilines is 9. The van der Waals surface area contributed by atoms with Crippen LogP contribution in [0.2, 0.25) is 0 Å². The third kappa shape index (κ3) is 6.61. The van der Waals surface area contributed by atoms with Crippen LogP contribution in [-0.4, -0.2) is 33.9 Å². The molecule has 0 unspecified atom stereocenters. The predicted molar refractivity (Wildman–Crippen MR) is 308 cm³/mol. The molecule has 0 fully saturated rings. The molecule has 6 heterocycles. The minimum atomic E-state index is -0.266. The summed E-state index contributed by atoms with van der Waals surface area (Å²) in [5.74, 6) is 5.52. The summed E-state index contributed by atoms with van der Waals surface area (Å²) < 4.78 is 48.5. The summed E-state index contributed by atoms with van der Waals surface area (Å²) in [5.41, 5.74) is 21.5. The fourth-order valence-corrected chi connectivity index (χ4v) is 13.1. The third-order valence-electron chi connectivity index (χ3n) is 16.8. The van der Waals surface area contributed by atoms with Gasteiger partial charge in [-0.05, 0) is 146 Å². The highest BCUT2D eigenvalue weighted by molar-refractivity contribution is 7.00. The first-order valence-electron chi connectivity index (χ1n) is 26.6. The summed E-state index contributed by atoms with van der Waals surface area (Å²) in [4.78, 5) is 7.04. The van der Waals surface area contributed by atoms with Gasteiger partial charge in [0, 0.05) is 69.5 Å². The van der Waals surface area contributed by atoms with E-state index >= 15 is 0 Å². The number of fused-ring (bicyclic) bond motifs is 11. The second kappa shape index (κ2) is 16.5. The van der Waals surface area contributed by atoms with Crippen molar-refractivity contribution < 1.29 is 37.9 Å². The molecule has 0 spiro atoms. The summed E-state index contributed by atoms with van der Waals surface area (Å²) >= 11 is 0. The quantitative estimate of drug-likeness (QED) is 0.143. The maximum absolute atomic E-state index is 6.15. The van der Waals surface area contributed by atoms with Crippen molar-refractivity contribution in [2.24, 2.45) is 0 Å². The smallest absolute Gasteiger partial charge is 0.252 e. The number of benzene rings is 10. The van der Waals surface area contributed by atoms with Crippen molar-refractivity contribution >= 4 is 74.3 Å². The van der Waals surface area contributed by atoms with Crippen LogP contribution in [0, 0.1) is 0 Å². The molecule has 0 saturated heterocycles. The summed E-state index contributed by atoms with van der Waals surface area (Å²) in [6, 6.07) is 69.7. The second-order valence-corrected chi connectivity index (χ2v) is 21.3. The maximum Gasteiger partial charge on any atom is 0.252 e. The van der Waals surface area contributed by atoms with Gasteiger partial charge in [-0.25, -0.2) is 0 Å². The molecule has 0 radical (unpaired) electrons. The van der Waals surface area contributed by atoms with Crippen molar-refractivity contribution in [2.75, 3.05) is 41.9 Å². The molecule has 11 nitrogen and oxygen atoms in total. The molecule has 0 atom stereocenters. The molecule has 0 aromatic heterocycles. The lowest BCUT2D eigenvalue weighted by molar-refractivity contribution is 0.173. The topological polar surface area (TPSA) is 83.6 Å². The fraction of sp³-hybridized carbons (Fsp3) is 0.104. The first-order chi connectivity index (χ1) is 38.9. The van der Waals surface area contributed by atoms with Gasteiger partial charge in [0.25, 0.3) is 6.71 Å². The fourth-order valence-electron chi connectivity index (χ4n) is 13.1. The zero-order valence-corrected chi connectivity index (χ0v) is 43.0. The first-order valence-corrected chi connectivity index (χ1v) is 26.6. The lowest BCUT2D eigenvalue weighted by atomic mass is 9.33. The van der Waals surface area contributed by atoms with Crippen LogP contribution in [0.15, 0.2) is 194 Å². The highest BCUT2D eigenvalue weighted by Gasteiger charge is 2.46. The van der Waals surface area contributed by atoms with E-state index in [1.165, 1.54) is 27.8 Å². The summed E-state index contributed by atoms with van der Waals surface area (Å²) in [5, 5.41) is 0. The maximum atomic E-state index is 6.15. The van der Waals surface area contributed by atoms with Gasteiger partial charge in [0.05, 0.1) is 11.4 Å². The van der Waals surface area contributed by atoms with Crippen molar-refractivity contribution in [2.45, 2.75) is 19.3 Å². The Balaban J connectivity index is 0.870. The highest BCUT2D eigenvalue weighted by Crippen LogP contribution is 2.54. The molecule has 1 aliphatic carbocycles. The van der Waals surface area contributed by atoms with E-state index < -0.39 is 0 Å². The Morgan fingerprint density at radius 3 is 1.35 bits per heavy atom. The Morgan fingerprint density at radius 2 is 0.797 bits per heavy atom. The minimum absolute atomic E-state index is 0.133. The van der Waals surface area contributed by atoms with Crippen molar-refractivity contribution in [1.82, 2.24) is 0 Å². The molecule has 0 amide bonds. The number of hydrogen-bond donors (Lipinski definition) is 0. The average Bonchev–Trinajstić information content (AvgIpc) is 4.51. The second-order valence-electron chi connectivity index (χ2n) is 21.3. The Labute approximate surface area is 455 Å². The Morgan fingerprint density at radius 1 is 0.354 bits per heavy atom. The highest BCUT2D eigenvalue weighted by atomic mass is 16.7. The Hall–Kier alpha value is -9.94. The van der Waals surface area contributed by atoms with Crippen LogP contribution < -0.4 is 69.0 Å². The minimum Gasteiger partial charge on any atom is -0.454 e. The van der Waals surface area contributed by atoms with E-state index in [1.54, 1.807) is 0 Å². The van der Waals surface area contributed by atoms with E-state index in [0.29, 0.717) is 46.0 Å². The zero-order valence-electron chi connectivity index (χ0n) is 43.0. The van der Waals surface area contributed by atoms with Gasteiger partial charge in [-0.3, -0.25) is 0 Å². The van der Waals surface area contributed by atoms with E-state index in [2.05, 4.69) is 211 Å². The van der Waals surface area contributed by atoms with Crippen LogP contribution >= 0.6 is 0 Å². The zero-order chi connectivity index (χ0) is 52.1. The van der Waals surface area contributed by atoms with Crippen LogP contribution in [0.1, 0.15) is 25.0 Å². The molecule has 10 aromatic rings. The molecule has 17 rings (SSSR count). The standard InChI is InChI=1S/C67H46BN3O8/c1-67(2)50-11-7-6-10-48(50)49-23-20-45(28-51(49)67)69(43-16-12-40(13-17-43)39-8-4-3-5-9-39)44-18-14-41(15-19-44)42-26-56-66-57(27-42)71(47-22-25-59-61(30-47)75-36-73-59)55-34-65-63(77-38-79-65)32-53(55)68(66)52-31-62-64(78-37-76-62)33-54(52)70(56)46-21-24-58-60(29-46)74-35-72-58/h3-34H,35-38H2,1-2H3. The molecule has 10 aromatic carbocycles. The first kappa shape index (κ1) is 44.2. The monoisotopic (exact) mass is 1030 g/mol. The van der Waals surface area contributed by atoms with E-state index in [1.807, 2.05) is 12.1 Å². The van der Waals surface area contributed by atoms with Gasteiger partial charge in [-0.2, -0.15) is 0 Å². The summed E-state index contributed by atoms with van der Waals surface area (Å²) in [6.45, 7) is 4.99. The van der Waals surface area contributed by atoms with Crippen molar-refractivity contribution in [3.63, 3.8) is 0 Å². The van der Waals surface area contributed by atoms with Crippen LogP contribution in [0.5, 0.6) is 46.0 Å². The number of rotatable bonds is 7. The molecule has 0 bridgehead atoms. The Bertz CT molecular complexity index is 4080. The molecule has 0 saturated carbocycles. The molecule has 6 aliphatic heterocycles. The molecular weight excluding hydrogens is 986 g/mol. The van der Waals surface area contributed by atoms with E-state index in [-0.39, 0.29) is 39.3 Å².